The number of phenols is 1. The van der Waals surface area contributed by atoms with Crippen molar-refractivity contribution in [1.29, 1.82) is 0 Å². The summed E-state index contributed by atoms with van der Waals surface area (Å²) in [6, 6.07) is 14.8. The number of aliphatic hydroxyl groups is 2. The number of carbonyl (C=O) groups excluding carboxylic acids is 3. The fraction of sp³-hybridized carbons (Fsp3) is 0.481. The largest absolute Gasteiger partial charge is 0.507 e. The highest BCUT2D eigenvalue weighted by molar-refractivity contribution is 5.86. The van der Waals surface area contributed by atoms with Gasteiger partial charge in [-0.3, -0.25) is 14.5 Å². The molecule has 0 radical (unpaired) electrons. The van der Waals surface area contributed by atoms with E-state index in [0.29, 0.717) is 79.8 Å². The molecule has 1 saturated carbocycles. The number of hydrogen-bond acceptors (Lipinski definition) is 13. The average molecular weight is 959 g/mol. The number of para-hydroxylation sites is 1. The van der Waals surface area contributed by atoms with Crippen LogP contribution in [0.4, 0.5) is 22.2 Å². The van der Waals surface area contributed by atoms with Crippen LogP contribution in [-0.2, 0) is 22.6 Å². The second kappa shape index (κ2) is 22.3. The molecule has 4 aliphatic heterocycles. The number of primary amides is 1. The lowest BCUT2D eigenvalue weighted by atomic mass is 9.60. The van der Waals surface area contributed by atoms with Crippen LogP contribution in [0.2, 0.25) is 0 Å². The van der Waals surface area contributed by atoms with Crippen molar-refractivity contribution < 1.29 is 29.7 Å². The van der Waals surface area contributed by atoms with Crippen LogP contribution in [0.3, 0.4) is 0 Å². The van der Waals surface area contributed by atoms with Gasteiger partial charge in [0.1, 0.15) is 11.6 Å². The van der Waals surface area contributed by atoms with Gasteiger partial charge in [0, 0.05) is 130 Å². The Kier molecular flexibility index (Phi) is 16.3. The van der Waals surface area contributed by atoms with Crippen molar-refractivity contribution in [1.82, 2.24) is 35.0 Å². The number of likely N-dealkylation sites (tertiary alicyclic amines) is 2. The van der Waals surface area contributed by atoms with Gasteiger partial charge in [0.25, 0.3) is 0 Å². The number of amides is 4. The number of aromatic hydroxyl groups is 1. The van der Waals surface area contributed by atoms with E-state index < -0.39 is 0 Å². The molecule has 18 nitrogen and oxygen atoms in total. The summed E-state index contributed by atoms with van der Waals surface area (Å²) in [4.78, 5) is 56.7. The van der Waals surface area contributed by atoms with Gasteiger partial charge < -0.3 is 62.4 Å². The Balaban J connectivity index is 0.000000218. The van der Waals surface area contributed by atoms with Crippen LogP contribution in [0.1, 0.15) is 92.4 Å². The molecular weight excluding hydrogens is 889 g/mol. The van der Waals surface area contributed by atoms with E-state index in [1.807, 2.05) is 62.6 Å². The Bertz CT molecular complexity index is 2500. The minimum atomic E-state index is -0.352. The molecule has 2 atom stereocenters. The highest BCUT2D eigenvalue weighted by Crippen LogP contribution is 2.50. The van der Waals surface area contributed by atoms with E-state index in [2.05, 4.69) is 37.8 Å². The predicted octanol–water partition coefficient (Wildman–Crippen LogP) is 3.63. The van der Waals surface area contributed by atoms with Crippen molar-refractivity contribution in [3.63, 3.8) is 0 Å². The lowest BCUT2D eigenvalue weighted by Gasteiger charge is -2.61. The summed E-state index contributed by atoms with van der Waals surface area (Å²) in [6.45, 7) is 14.2. The molecule has 2 aromatic carbocycles. The fourth-order valence-electron chi connectivity index (χ4n) is 10.3. The zero-order chi connectivity index (χ0) is 50.2. The normalized spacial score (nSPS) is 19.9. The van der Waals surface area contributed by atoms with Gasteiger partial charge in [-0.15, -0.1) is 6.42 Å². The van der Waals surface area contributed by atoms with Crippen LogP contribution in [0.25, 0.3) is 11.8 Å². The van der Waals surface area contributed by atoms with Gasteiger partial charge in [-0.1, -0.05) is 44.0 Å². The zero-order valence-corrected chi connectivity index (χ0v) is 40.7. The topological polar surface area (TPSA) is 260 Å². The summed E-state index contributed by atoms with van der Waals surface area (Å²) >= 11 is 0. The number of nitrogens with one attached hydrogen (secondary N) is 2. The van der Waals surface area contributed by atoms with Gasteiger partial charge in [-0.05, 0) is 73.9 Å². The van der Waals surface area contributed by atoms with Crippen molar-refractivity contribution in [3.05, 3.63) is 94.4 Å². The molecule has 1 spiro atoms. The molecule has 9 rings (SSSR count). The third-order valence-electron chi connectivity index (χ3n) is 14.4. The maximum absolute atomic E-state index is 11.8. The van der Waals surface area contributed by atoms with Crippen molar-refractivity contribution in [2.45, 2.75) is 84.0 Å². The van der Waals surface area contributed by atoms with E-state index in [-0.39, 0.29) is 41.9 Å². The molecule has 5 aliphatic rings. The lowest BCUT2D eigenvalue weighted by Crippen LogP contribution is -2.69. The molecule has 374 valence electrons. The summed E-state index contributed by atoms with van der Waals surface area (Å²) in [5.41, 5.74) is 25.4. The minimum Gasteiger partial charge on any atom is -0.507 e. The first kappa shape index (κ1) is 51.1. The summed E-state index contributed by atoms with van der Waals surface area (Å²) in [5.74, 6) is 3.99. The Labute approximate surface area is 410 Å². The highest BCUT2D eigenvalue weighted by Gasteiger charge is 2.54. The van der Waals surface area contributed by atoms with Crippen LogP contribution in [0.15, 0.2) is 60.9 Å². The Morgan fingerprint density at radius 1 is 1.00 bits per heavy atom. The van der Waals surface area contributed by atoms with Crippen molar-refractivity contribution in [3.8, 4) is 18.1 Å². The third-order valence-corrected chi connectivity index (χ3v) is 14.4. The number of nitrogen functional groups attached to an aromatic ring is 1. The summed E-state index contributed by atoms with van der Waals surface area (Å²) in [5, 5.41) is 31.0. The number of hydrogen-bond donors (Lipinski definition) is 8. The van der Waals surface area contributed by atoms with Gasteiger partial charge >= 0.3 is 6.03 Å². The van der Waals surface area contributed by atoms with Crippen LogP contribution in [0, 0.1) is 23.2 Å². The number of urea groups is 1. The number of nitrogens with zero attached hydrogens (tertiary/aromatic N) is 7. The molecule has 11 N–H and O–H groups in total. The van der Waals surface area contributed by atoms with E-state index in [1.165, 1.54) is 0 Å². The Hall–Kier alpha value is -6.81. The number of terminal acetylenes is 1. The standard InChI is InChI=1S/C31H40N10O2.C11H21NO3.C10H9NO/c1-19-27-23(12-24(32)22-4-2-3-5-26(22)42)28(33)37-25(27)6-7-41(19)30-35-15-21(16-36-30)39-10-8-38(9-11-39)20-13-31(14-20)17-40(18-31)29(34)43;1-11(2,4-6-13)7-10(15)12-5-3-9(14)8-12;1-2-9-3-5-10(6-4-9)7-11-8-12/h2-5,12,15-16,19-20,37,42H,6-11,13-14,17-18,32-33H2,1H3,(H2,34,43);9,13-14H,3-8H2,1-2H3;1,3-6,8H,7H2,(H,11,12)/b24-12-;;. The number of carbonyl (C=O) groups is 3. The van der Waals surface area contributed by atoms with E-state index in [1.54, 1.807) is 28.0 Å². The maximum atomic E-state index is 11.8. The van der Waals surface area contributed by atoms with Crippen LogP contribution in [-0.4, -0.2) is 141 Å². The smallest absolute Gasteiger partial charge is 0.314 e. The molecule has 18 heteroatoms. The van der Waals surface area contributed by atoms with Crippen LogP contribution in [0.5, 0.6) is 5.75 Å². The molecule has 4 amide bonds. The van der Waals surface area contributed by atoms with Gasteiger partial charge in [0.2, 0.25) is 18.3 Å². The first-order chi connectivity index (χ1) is 33.5. The van der Waals surface area contributed by atoms with Crippen molar-refractivity contribution >= 4 is 47.6 Å². The van der Waals surface area contributed by atoms with E-state index in [0.717, 1.165) is 98.7 Å². The van der Waals surface area contributed by atoms with Crippen LogP contribution >= 0.6 is 0 Å². The van der Waals surface area contributed by atoms with Gasteiger partial charge in [-0.25, -0.2) is 14.8 Å². The number of aliphatic hydroxyl groups excluding tert-OH is 2. The predicted molar refractivity (Wildman–Crippen MR) is 272 cm³/mol. The highest BCUT2D eigenvalue weighted by atomic mass is 16.3. The van der Waals surface area contributed by atoms with Crippen LogP contribution < -0.4 is 32.3 Å². The molecule has 1 aliphatic carbocycles. The number of piperazine rings is 1. The fourth-order valence-corrected chi connectivity index (χ4v) is 10.3. The monoisotopic (exact) mass is 959 g/mol. The third kappa shape index (κ3) is 12.1. The van der Waals surface area contributed by atoms with Gasteiger partial charge in [0.15, 0.2) is 0 Å². The first-order valence-corrected chi connectivity index (χ1v) is 24.2. The van der Waals surface area contributed by atoms with Crippen molar-refractivity contribution in [2.75, 3.05) is 81.0 Å². The number of nitrogens with two attached hydrogens (primary N) is 3. The van der Waals surface area contributed by atoms with E-state index in [4.69, 9.17) is 38.7 Å². The number of phenolic OH excluding ortho intramolecular Hbond substituents is 1. The quantitative estimate of drug-likeness (QED) is 0.0747. The Morgan fingerprint density at radius 3 is 2.29 bits per heavy atom. The number of H-pyrrole nitrogens is 1. The molecule has 4 fully saturated rings. The number of benzene rings is 2. The average Bonchev–Trinajstić information content (AvgIpc) is 3.90. The van der Waals surface area contributed by atoms with Gasteiger partial charge in [-0.2, -0.15) is 0 Å². The lowest BCUT2D eigenvalue weighted by molar-refractivity contribution is -0.132. The number of fused-ring (bicyclic) bond motifs is 1. The van der Waals surface area contributed by atoms with Crippen molar-refractivity contribution in [2.24, 2.45) is 22.3 Å². The van der Waals surface area contributed by atoms with Gasteiger partial charge in [0.05, 0.1) is 30.2 Å². The molecule has 70 heavy (non-hydrogen) atoms. The number of aromatic nitrogens is 3. The molecule has 4 aromatic rings. The number of aromatic amines is 1. The second-order valence-electron chi connectivity index (χ2n) is 20.0. The van der Waals surface area contributed by atoms with E-state index >= 15 is 0 Å². The SMILES string of the molecule is C#Cc1ccc(CNC=O)cc1.CC(C)(CCO)CC(=O)N1CCC(O)C1.CC1c2c([nH]c(N)c2/C=C(\N)c2ccccc2O)CCN1c1ncc(N2CCN(C3CC4(C3)CN(C(N)=O)C4)CC2)cn1. The second-order valence-corrected chi connectivity index (χ2v) is 20.0. The summed E-state index contributed by atoms with van der Waals surface area (Å²) in [7, 11) is 0. The molecule has 6 heterocycles. The number of rotatable bonds is 12. The minimum absolute atomic E-state index is 0.0217. The molecule has 0 bridgehead atoms. The van der Waals surface area contributed by atoms with E-state index in [9.17, 15) is 24.6 Å². The Morgan fingerprint density at radius 2 is 1.69 bits per heavy atom. The number of anilines is 3. The number of β-amino-alcohol motifs (C(OH)–C–C–N with tert-alkyl or cyclic N) is 1. The molecular formula is C52H70N12O6. The molecule has 2 unspecified atom stereocenters. The molecule has 2 aromatic heterocycles. The first-order valence-electron chi connectivity index (χ1n) is 24.2. The zero-order valence-electron chi connectivity index (χ0n) is 40.7. The summed E-state index contributed by atoms with van der Waals surface area (Å²) in [6.07, 6.45) is 16.1. The summed E-state index contributed by atoms with van der Waals surface area (Å²) < 4.78 is 0. The molecule has 3 saturated heterocycles. The maximum Gasteiger partial charge on any atom is 0.314 e.